The monoisotopic (exact) mass is 536 g/mol. The van der Waals surface area contributed by atoms with Gasteiger partial charge in [0.1, 0.15) is 0 Å². The molecule has 0 radical (unpaired) electrons. The number of nitrogens with zero attached hydrogens (tertiary/aromatic N) is 3. The number of hydrogen-bond acceptors (Lipinski definition) is 5. The van der Waals surface area contributed by atoms with E-state index >= 15 is 0 Å². The van der Waals surface area contributed by atoms with Gasteiger partial charge in [0.05, 0.1) is 24.0 Å². The molecule has 2 aromatic heterocycles. The predicted octanol–water partition coefficient (Wildman–Crippen LogP) is 6.83. The van der Waals surface area contributed by atoms with Gasteiger partial charge in [-0.3, -0.25) is 4.79 Å². The van der Waals surface area contributed by atoms with E-state index in [-0.39, 0.29) is 18.5 Å². The summed E-state index contributed by atoms with van der Waals surface area (Å²) >= 11 is 0. The van der Waals surface area contributed by atoms with Crippen LogP contribution < -0.4 is 16.0 Å². The second-order valence-electron chi connectivity index (χ2n) is 10.3. The van der Waals surface area contributed by atoms with Crippen LogP contribution in [0.4, 0.5) is 30.4 Å². The molecule has 1 aliphatic carbocycles. The van der Waals surface area contributed by atoms with Crippen molar-refractivity contribution in [1.29, 1.82) is 0 Å². The van der Waals surface area contributed by atoms with E-state index in [4.69, 9.17) is 5.10 Å². The van der Waals surface area contributed by atoms with Gasteiger partial charge in [-0.1, -0.05) is 32.0 Å². The molecule has 0 aliphatic heterocycles. The number of hydrogen-bond donors (Lipinski definition) is 3. The lowest BCUT2D eigenvalue weighted by Gasteiger charge is -2.14. The number of imidazole rings is 1. The summed E-state index contributed by atoms with van der Waals surface area (Å²) < 4.78 is 40.2. The molecule has 2 heterocycles. The molecule has 1 fully saturated rings. The van der Waals surface area contributed by atoms with Crippen LogP contribution >= 0.6 is 0 Å². The molecule has 1 aliphatic rings. The van der Waals surface area contributed by atoms with Crippen LogP contribution in [0.25, 0.3) is 16.9 Å². The summed E-state index contributed by atoms with van der Waals surface area (Å²) in [6, 6.07) is 15.4. The van der Waals surface area contributed by atoms with Gasteiger partial charge in [-0.2, -0.15) is 13.2 Å². The number of halogens is 3. The minimum atomic E-state index is -4.28. The Hall–Kier alpha value is -4.08. The molecule has 10 heteroatoms. The Bertz CT molecular complexity index is 1510. The Morgan fingerprint density at radius 3 is 2.62 bits per heavy atom. The van der Waals surface area contributed by atoms with Crippen LogP contribution in [0.2, 0.25) is 0 Å². The van der Waals surface area contributed by atoms with E-state index < -0.39 is 12.6 Å². The van der Waals surface area contributed by atoms with Crippen LogP contribution in [0, 0.1) is 6.92 Å². The molecular formula is C29H31F3N6O. The Kier molecular flexibility index (Phi) is 7.20. The molecular weight excluding hydrogens is 505 g/mol. The summed E-state index contributed by atoms with van der Waals surface area (Å²) in [4.78, 5) is 17.1. The van der Waals surface area contributed by atoms with Crippen molar-refractivity contribution in [2.24, 2.45) is 0 Å². The highest BCUT2D eigenvalue weighted by Gasteiger charge is 2.27. The van der Waals surface area contributed by atoms with Crippen LogP contribution in [-0.2, 0) is 0 Å². The van der Waals surface area contributed by atoms with Crippen LogP contribution in [0.5, 0.6) is 0 Å². The average molecular weight is 537 g/mol. The Balaban J connectivity index is 1.51. The zero-order valence-electron chi connectivity index (χ0n) is 22.1. The summed E-state index contributed by atoms with van der Waals surface area (Å²) in [5, 5.41) is 13.9. The number of carbonyl (C=O) groups excluding carboxylic acids is 1. The topological polar surface area (TPSA) is 83.3 Å². The van der Waals surface area contributed by atoms with Gasteiger partial charge in [-0.15, -0.1) is 5.10 Å². The molecule has 0 spiro atoms. The zero-order chi connectivity index (χ0) is 27.7. The summed E-state index contributed by atoms with van der Waals surface area (Å²) in [6.07, 6.45) is -1.60. The van der Waals surface area contributed by atoms with Crippen molar-refractivity contribution in [3.05, 3.63) is 71.4 Å². The molecule has 5 rings (SSSR count). The van der Waals surface area contributed by atoms with Crippen molar-refractivity contribution in [1.82, 2.24) is 19.9 Å². The maximum atomic E-state index is 12.9. The Morgan fingerprint density at radius 1 is 1.13 bits per heavy atom. The van der Waals surface area contributed by atoms with Crippen LogP contribution in [0.3, 0.4) is 0 Å². The van der Waals surface area contributed by atoms with Gasteiger partial charge in [0, 0.05) is 35.5 Å². The van der Waals surface area contributed by atoms with E-state index in [0.29, 0.717) is 34.3 Å². The lowest BCUT2D eigenvalue weighted by atomic mass is 10.0. The Morgan fingerprint density at radius 2 is 1.92 bits per heavy atom. The Labute approximate surface area is 224 Å². The second-order valence-corrected chi connectivity index (χ2v) is 10.3. The van der Waals surface area contributed by atoms with Gasteiger partial charge in [0.2, 0.25) is 0 Å². The molecule has 0 bridgehead atoms. The largest absolute Gasteiger partial charge is 0.390 e. The molecule has 1 amide bonds. The maximum absolute atomic E-state index is 12.9. The number of benzene rings is 2. The normalized spacial score (nSPS) is 13.6. The molecule has 2 aromatic carbocycles. The first-order valence-corrected chi connectivity index (χ1v) is 13.1. The van der Waals surface area contributed by atoms with Gasteiger partial charge in [0.25, 0.3) is 5.91 Å². The molecule has 3 N–H and O–H groups in total. The van der Waals surface area contributed by atoms with Gasteiger partial charge in [-0.05, 0) is 61.1 Å². The highest BCUT2D eigenvalue weighted by Crippen LogP contribution is 2.30. The molecule has 4 aromatic rings. The van der Waals surface area contributed by atoms with Crippen molar-refractivity contribution in [3.8, 4) is 11.3 Å². The highest BCUT2D eigenvalue weighted by atomic mass is 19.4. The van der Waals surface area contributed by atoms with E-state index in [1.807, 2.05) is 43.3 Å². The first-order chi connectivity index (χ1) is 18.6. The van der Waals surface area contributed by atoms with Gasteiger partial charge in [-0.25, -0.2) is 9.50 Å². The number of amides is 1. The molecule has 0 saturated heterocycles. The van der Waals surface area contributed by atoms with Crippen molar-refractivity contribution in [2.75, 3.05) is 17.2 Å². The number of rotatable bonds is 9. The SMILES string of the molecule is Cc1cc(-c2cnc3c(NCCC(F)(F)F)cc(Nc4cccc(C(C)C)c4)nn23)ccc1C(=O)NC1CC1. The average Bonchev–Trinajstić information content (AvgIpc) is 3.58. The smallest absolute Gasteiger partial charge is 0.382 e. The number of anilines is 3. The summed E-state index contributed by atoms with van der Waals surface area (Å²) in [7, 11) is 0. The third-order valence-corrected chi connectivity index (χ3v) is 6.70. The molecule has 1 saturated carbocycles. The lowest BCUT2D eigenvalue weighted by molar-refractivity contribution is -0.131. The first-order valence-electron chi connectivity index (χ1n) is 13.1. The van der Waals surface area contributed by atoms with Crippen LogP contribution in [0.1, 0.15) is 60.5 Å². The summed E-state index contributed by atoms with van der Waals surface area (Å²) in [5.74, 6) is 0.693. The van der Waals surface area contributed by atoms with E-state index in [9.17, 15) is 18.0 Å². The molecule has 7 nitrogen and oxygen atoms in total. The minimum absolute atomic E-state index is 0.0934. The van der Waals surface area contributed by atoms with Crippen molar-refractivity contribution in [3.63, 3.8) is 0 Å². The number of aryl methyl sites for hydroxylation is 1. The van der Waals surface area contributed by atoms with Crippen molar-refractivity contribution < 1.29 is 18.0 Å². The molecule has 39 heavy (non-hydrogen) atoms. The third-order valence-electron chi connectivity index (χ3n) is 6.70. The number of aromatic nitrogens is 3. The molecule has 0 atom stereocenters. The third kappa shape index (κ3) is 6.32. The number of fused-ring (bicyclic) bond motifs is 1. The lowest BCUT2D eigenvalue weighted by Crippen LogP contribution is -2.26. The fourth-order valence-corrected chi connectivity index (χ4v) is 4.39. The van der Waals surface area contributed by atoms with Crippen molar-refractivity contribution in [2.45, 2.75) is 58.2 Å². The quantitative estimate of drug-likeness (QED) is 0.218. The first kappa shape index (κ1) is 26.5. The highest BCUT2D eigenvalue weighted by molar-refractivity contribution is 5.96. The predicted molar refractivity (Wildman–Crippen MR) is 147 cm³/mol. The minimum Gasteiger partial charge on any atom is -0.382 e. The fraction of sp³-hybridized carbons (Fsp3) is 0.345. The van der Waals surface area contributed by atoms with Gasteiger partial charge < -0.3 is 16.0 Å². The standard InChI is InChI=1S/C29H31F3N6O/c1-17(2)19-5-4-6-22(14-19)35-26-15-24(33-12-11-29(30,31)32)27-34-16-25(38(27)37-26)20-7-10-23(18(3)13-20)28(39)36-21-8-9-21/h4-7,10,13-17,21,33H,8-9,11-12H2,1-3H3,(H,35,37)(H,36,39). The summed E-state index contributed by atoms with van der Waals surface area (Å²) in [5.41, 5.74) is 5.66. The molecule has 204 valence electrons. The number of alkyl halides is 3. The van der Waals surface area contributed by atoms with Gasteiger partial charge in [0.15, 0.2) is 11.5 Å². The number of carbonyl (C=O) groups is 1. The molecule has 0 unspecified atom stereocenters. The van der Waals surface area contributed by atoms with Crippen LogP contribution in [-0.4, -0.2) is 39.3 Å². The number of nitrogens with one attached hydrogen (secondary N) is 3. The van der Waals surface area contributed by atoms with Crippen LogP contribution in [0.15, 0.2) is 54.7 Å². The maximum Gasteiger partial charge on any atom is 0.390 e. The van der Waals surface area contributed by atoms with E-state index in [1.54, 1.807) is 22.8 Å². The van der Waals surface area contributed by atoms with Gasteiger partial charge >= 0.3 is 6.18 Å². The summed E-state index contributed by atoms with van der Waals surface area (Å²) in [6.45, 7) is 5.79. The fourth-order valence-electron chi connectivity index (χ4n) is 4.39. The second kappa shape index (κ2) is 10.6. The van der Waals surface area contributed by atoms with E-state index in [0.717, 1.165) is 35.2 Å². The van der Waals surface area contributed by atoms with Crippen molar-refractivity contribution >= 4 is 28.7 Å². The van der Waals surface area contributed by atoms with E-state index in [1.165, 1.54) is 0 Å². The van der Waals surface area contributed by atoms with E-state index in [2.05, 4.69) is 34.8 Å². The zero-order valence-corrected chi connectivity index (χ0v) is 22.1.